The van der Waals surface area contributed by atoms with Gasteiger partial charge in [-0.3, -0.25) is 0 Å². The molecule has 0 amide bonds. The average molecular weight is 277 g/mol. The van der Waals surface area contributed by atoms with Gasteiger partial charge in [0.05, 0.1) is 17.6 Å². The summed E-state index contributed by atoms with van der Waals surface area (Å²) in [5.74, 6) is -0.559. The number of carbonyl (C=O) groups excluding carboxylic acids is 1. The number of sulfone groups is 1. The van der Waals surface area contributed by atoms with E-state index in [-0.39, 0.29) is 15.5 Å². The number of hydrogen-bond acceptors (Lipinski definition) is 5. The van der Waals surface area contributed by atoms with Gasteiger partial charge in [-0.2, -0.15) is 0 Å². The van der Waals surface area contributed by atoms with Crippen molar-refractivity contribution >= 4 is 15.8 Å². The van der Waals surface area contributed by atoms with Gasteiger partial charge in [-0.05, 0) is 24.3 Å². The maximum Gasteiger partial charge on any atom is 0.339 e. The minimum absolute atomic E-state index is 0.105. The first-order valence-corrected chi connectivity index (χ1v) is 6.88. The highest BCUT2D eigenvalue weighted by Gasteiger charge is 2.19. The van der Waals surface area contributed by atoms with Crippen molar-refractivity contribution in [3.63, 3.8) is 0 Å². The molecule has 98 valence electrons. The summed E-state index contributed by atoms with van der Waals surface area (Å²) < 4.78 is 28.9. The molecule has 0 saturated carbocycles. The van der Waals surface area contributed by atoms with Crippen LogP contribution >= 0.6 is 0 Å². The number of carbonyl (C=O) groups is 1. The molecular weight excluding hydrogens is 266 g/mol. The molecule has 0 atom stereocenters. The zero-order valence-corrected chi connectivity index (χ0v) is 10.9. The van der Waals surface area contributed by atoms with Crippen molar-refractivity contribution < 1.29 is 17.9 Å². The fourth-order valence-corrected chi connectivity index (χ4v) is 2.69. The Labute approximate surface area is 110 Å². The van der Waals surface area contributed by atoms with Gasteiger partial charge in [-0.1, -0.05) is 18.2 Å². The van der Waals surface area contributed by atoms with Crippen molar-refractivity contribution in [3.05, 3.63) is 54.2 Å². The van der Waals surface area contributed by atoms with Crippen LogP contribution in [-0.4, -0.2) is 26.5 Å². The third kappa shape index (κ3) is 2.63. The van der Waals surface area contributed by atoms with Gasteiger partial charge < -0.3 is 4.74 Å². The summed E-state index contributed by atoms with van der Waals surface area (Å²) in [6.45, 7) is 0. The van der Waals surface area contributed by atoms with Crippen molar-refractivity contribution in [1.82, 2.24) is 4.98 Å². The lowest BCUT2D eigenvalue weighted by Gasteiger charge is -2.04. The first-order chi connectivity index (χ1) is 9.05. The molecule has 19 heavy (non-hydrogen) atoms. The van der Waals surface area contributed by atoms with Crippen LogP contribution in [0.4, 0.5) is 0 Å². The monoisotopic (exact) mass is 277 g/mol. The van der Waals surface area contributed by atoms with Crippen LogP contribution in [-0.2, 0) is 14.6 Å². The van der Waals surface area contributed by atoms with Crippen LogP contribution in [0.2, 0.25) is 0 Å². The highest BCUT2D eigenvalue weighted by Crippen LogP contribution is 2.18. The molecule has 0 saturated heterocycles. The summed E-state index contributed by atoms with van der Waals surface area (Å²) in [4.78, 5) is 15.2. The first-order valence-electron chi connectivity index (χ1n) is 5.40. The molecule has 0 spiro atoms. The maximum absolute atomic E-state index is 12.2. The van der Waals surface area contributed by atoms with Crippen LogP contribution in [0.25, 0.3) is 0 Å². The molecule has 1 heterocycles. The molecule has 0 aliphatic rings. The number of ether oxygens (including phenoxy) is 1. The van der Waals surface area contributed by atoms with E-state index in [2.05, 4.69) is 9.72 Å². The van der Waals surface area contributed by atoms with Gasteiger partial charge in [-0.15, -0.1) is 0 Å². The third-order valence-electron chi connectivity index (χ3n) is 2.49. The van der Waals surface area contributed by atoms with E-state index in [4.69, 9.17) is 0 Å². The summed E-state index contributed by atoms with van der Waals surface area (Å²) in [6, 6.07) is 10.6. The Morgan fingerprint density at radius 3 is 2.32 bits per heavy atom. The van der Waals surface area contributed by atoms with Crippen LogP contribution < -0.4 is 0 Å². The third-order valence-corrected chi connectivity index (χ3v) is 4.17. The average Bonchev–Trinajstić information content (AvgIpc) is 2.47. The SMILES string of the molecule is COC(=O)c1ccc(S(=O)(=O)c2ccccc2)nc1. The fraction of sp³-hybridized carbons (Fsp3) is 0.0769. The van der Waals surface area contributed by atoms with E-state index in [0.29, 0.717) is 0 Å². The van der Waals surface area contributed by atoms with Crippen LogP contribution in [0.1, 0.15) is 10.4 Å². The van der Waals surface area contributed by atoms with E-state index in [1.165, 1.54) is 37.6 Å². The van der Waals surface area contributed by atoms with E-state index >= 15 is 0 Å². The van der Waals surface area contributed by atoms with Gasteiger partial charge in [-0.25, -0.2) is 18.2 Å². The Hall–Kier alpha value is -2.21. The van der Waals surface area contributed by atoms with Crippen molar-refractivity contribution in [2.75, 3.05) is 7.11 Å². The predicted molar refractivity (Wildman–Crippen MR) is 67.5 cm³/mol. The van der Waals surface area contributed by atoms with Gasteiger partial charge in [0.25, 0.3) is 0 Å². The highest BCUT2D eigenvalue weighted by atomic mass is 32.2. The lowest BCUT2D eigenvalue weighted by Crippen LogP contribution is -2.07. The van der Waals surface area contributed by atoms with E-state index in [1.807, 2.05) is 0 Å². The maximum atomic E-state index is 12.2. The largest absolute Gasteiger partial charge is 0.465 e. The summed E-state index contributed by atoms with van der Waals surface area (Å²) in [5.41, 5.74) is 0.203. The Morgan fingerprint density at radius 2 is 1.79 bits per heavy atom. The number of methoxy groups -OCH3 is 1. The predicted octanol–water partition coefficient (Wildman–Crippen LogP) is 1.70. The zero-order chi connectivity index (χ0) is 13.9. The van der Waals surface area contributed by atoms with Crippen molar-refractivity contribution in [1.29, 1.82) is 0 Å². The topological polar surface area (TPSA) is 73.3 Å². The molecule has 1 aromatic heterocycles. The van der Waals surface area contributed by atoms with Crippen molar-refractivity contribution in [3.8, 4) is 0 Å². The van der Waals surface area contributed by atoms with E-state index in [9.17, 15) is 13.2 Å². The number of nitrogens with zero attached hydrogens (tertiary/aromatic N) is 1. The van der Waals surface area contributed by atoms with Crippen molar-refractivity contribution in [2.45, 2.75) is 9.92 Å². The molecule has 0 fully saturated rings. The van der Waals surface area contributed by atoms with Gasteiger partial charge in [0.15, 0.2) is 5.03 Å². The Bertz CT molecular complexity index is 678. The van der Waals surface area contributed by atoms with Gasteiger partial charge in [0.2, 0.25) is 9.84 Å². The molecule has 2 aromatic rings. The molecule has 0 unspecified atom stereocenters. The van der Waals surface area contributed by atoms with Gasteiger partial charge in [0, 0.05) is 6.20 Å². The molecule has 5 nitrogen and oxygen atoms in total. The second kappa shape index (κ2) is 5.19. The molecule has 0 N–H and O–H groups in total. The summed E-state index contributed by atoms with van der Waals surface area (Å²) >= 11 is 0. The first kappa shape index (κ1) is 13.2. The Kier molecular flexibility index (Phi) is 3.62. The minimum Gasteiger partial charge on any atom is -0.465 e. The molecule has 0 aliphatic carbocycles. The highest BCUT2D eigenvalue weighted by molar-refractivity contribution is 7.91. The number of esters is 1. The molecule has 2 rings (SSSR count). The van der Waals surface area contributed by atoms with E-state index < -0.39 is 15.8 Å². The number of hydrogen-bond donors (Lipinski definition) is 0. The summed E-state index contributed by atoms with van der Waals surface area (Å²) in [7, 11) is -2.40. The summed E-state index contributed by atoms with van der Waals surface area (Å²) in [5, 5.41) is -0.105. The number of rotatable bonds is 3. The lowest BCUT2D eigenvalue weighted by molar-refractivity contribution is 0.0600. The molecule has 0 radical (unpaired) electrons. The minimum atomic E-state index is -3.65. The van der Waals surface area contributed by atoms with Crippen LogP contribution in [0.3, 0.4) is 0 Å². The second-order valence-corrected chi connectivity index (χ2v) is 5.59. The van der Waals surface area contributed by atoms with Gasteiger partial charge in [0.1, 0.15) is 0 Å². The van der Waals surface area contributed by atoms with E-state index in [0.717, 1.165) is 0 Å². The smallest absolute Gasteiger partial charge is 0.339 e. The zero-order valence-electron chi connectivity index (χ0n) is 10.1. The summed E-state index contributed by atoms with van der Waals surface area (Å²) in [6.07, 6.45) is 1.18. The molecule has 0 bridgehead atoms. The number of benzene rings is 1. The standard InChI is InChI=1S/C13H11NO4S/c1-18-13(15)10-7-8-12(14-9-10)19(16,17)11-5-3-2-4-6-11/h2-9H,1H3. The van der Waals surface area contributed by atoms with Gasteiger partial charge >= 0.3 is 5.97 Å². The van der Waals surface area contributed by atoms with Crippen LogP contribution in [0.15, 0.2) is 58.6 Å². The molecule has 6 heteroatoms. The molecular formula is C13H11NO4S. The normalized spacial score (nSPS) is 11.0. The number of aromatic nitrogens is 1. The Morgan fingerprint density at radius 1 is 1.11 bits per heavy atom. The molecule has 1 aromatic carbocycles. The quantitative estimate of drug-likeness (QED) is 0.798. The lowest BCUT2D eigenvalue weighted by atomic mass is 10.3. The Balaban J connectivity index is 2.40. The molecule has 0 aliphatic heterocycles. The second-order valence-electron chi connectivity index (χ2n) is 3.69. The van der Waals surface area contributed by atoms with E-state index in [1.54, 1.807) is 18.2 Å². The van der Waals surface area contributed by atoms with Crippen LogP contribution in [0.5, 0.6) is 0 Å². The number of pyridine rings is 1. The van der Waals surface area contributed by atoms with Crippen LogP contribution in [0, 0.1) is 0 Å². The fourth-order valence-electron chi connectivity index (χ4n) is 1.50. The van der Waals surface area contributed by atoms with Crippen molar-refractivity contribution in [2.24, 2.45) is 0 Å².